The van der Waals surface area contributed by atoms with Crippen LogP contribution in [0.4, 0.5) is 0 Å². The molecule has 1 rings (SSSR count). The first kappa shape index (κ1) is 36.6. The van der Waals surface area contributed by atoms with Crippen molar-refractivity contribution in [2.45, 2.75) is 149 Å². The number of amides is 1. The molecular weight excluding hydrogens is 511 g/mol. The maximum atomic E-state index is 12.6. The topological polar surface area (TPSA) is 79.3 Å². The summed E-state index contributed by atoms with van der Waals surface area (Å²) in [6, 6.07) is 0. The van der Waals surface area contributed by atoms with Gasteiger partial charge in [0.25, 0.3) is 0 Å². The molecule has 1 amide bonds. The van der Waals surface area contributed by atoms with Crippen LogP contribution in [0.5, 0.6) is 0 Å². The average molecular weight is 575 g/mol. The lowest BCUT2D eigenvalue weighted by Gasteiger charge is -2.34. The van der Waals surface area contributed by atoms with Crippen LogP contribution in [-0.2, 0) is 18.4 Å². The molecule has 1 aliphatic heterocycles. The lowest BCUT2D eigenvalue weighted by atomic mass is 10.0. The predicted molar refractivity (Wildman–Crippen MR) is 163 cm³/mol. The number of carbonyl (C=O) groups is 1. The van der Waals surface area contributed by atoms with Gasteiger partial charge in [-0.15, -0.1) is 0 Å². The quantitative estimate of drug-likeness (QED) is 0.0783. The van der Waals surface area contributed by atoms with Crippen molar-refractivity contribution in [3.05, 3.63) is 0 Å². The lowest BCUT2D eigenvalue weighted by Crippen LogP contribution is -2.49. The summed E-state index contributed by atoms with van der Waals surface area (Å²) in [7, 11) is -3.98. The van der Waals surface area contributed by atoms with Gasteiger partial charge in [-0.1, -0.05) is 129 Å². The van der Waals surface area contributed by atoms with E-state index < -0.39 is 7.82 Å². The van der Waals surface area contributed by atoms with Crippen molar-refractivity contribution in [2.75, 3.05) is 45.9 Å². The van der Waals surface area contributed by atoms with Crippen molar-refractivity contribution in [2.24, 2.45) is 0 Å². The van der Waals surface area contributed by atoms with E-state index in [0.29, 0.717) is 13.0 Å². The Morgan fingerprint density at radius 3 is 1.51 bits per heavy atom. The van der Waals surface area contributed by atoms with Crippen LogP contribution in [0.3, 0.4) is 0 Å². The minimum absolute atomic E-state index is 0.164. The smallest absolute Gasteiger partial charge is 0.340 e. The summed E-state index contributed by atoms with van der Waals surface area (Å²) >= 11 is 0. The van der Waals surface area contributed by atoms with Crippen molar-refractivity contribution in [3.8, 4) is 0 Å². The van der Waals surface area contributed by atoms with Gasteiger partial charge in [0.05, 0.1) is 13.2 Å². The van der Waals surface area contributed by atoms with E-state index in [4.69, 9.17) is 9.05 Å². The van der Waals surface area contributed by atoms with E-state index in [1.807, 2.05) is 4.90 Å². The van der Waals surface area contributed by atoms with Crippen molar-refractivity contribution in [1.82, 2.24) is 9.80 Å². The Hall–Kier alpha value is -0.460. The predicted octanol–water partition coefficient (Wildman–Crippen LogP) is 8.50. The molecule has 1 aliphatic rings. The van der Waals surface area contributed by atoms with Gasteiger partial charge in [-0.3, -0.25) is 18.7 Å². The molecule has 8 heteroatoms. The first-order valence-corrected chi connectivity index (χ1v) is 18.1. The number of carbonyl (C=O) groups excluding carboxylic acids is 1. The molecule has 232 valence electrons. The van der Waals surface area contributed by atoms with E-state index in [1.165, 1.54) is 96.3 Å². The van der Waals surface area contributed by atoms with Crippen molar-refractivity contribution >= 4 is 13.7 Å². The van der Waals surface area contributed by atoms with Crippen LogP contribution in [0.1, 0.15) is 149 Å². The van der Waals surface area contributed by atoms with Crippen LogP contribution in [0.15, 0.2) is 0 Å². The maximum Gasteiger partial charge on any atom is 0.472 e. The zero-order valence-corrected chi connectivity index (χ0v) is 26.6. The number of piperazine rings is 1. The van der Waals surface area contributed by atoms with Gasteiger partial charge >= 0.3 is 7.82 Å². The number of phosphoric ester groups is 1. The second-order valence-electron chi connectivity index (χ2n) is 11.5. The third kappa shape index (κ3) is 21.9. The molecule has 0 bridgehead atoms. The van der Waals surface area contributed by atoms with Gasteiger partial charge in [0, 0.05) is 39.1 Å². The molecule has 1 unspecified atom stereocenters. The molecule has 1 atom stereocenters. The molecule has 1 N–H and O–H groups in total. The van der Waals surface area contributed by atoms with Crippen LogP contribution in [0, 0.1) is 0 Å². The third-order valence-electron chi connectivity index (χ3n) is 7.88. The fourth-order valence-corrected chi connectivity index (χ4v) is 5.98. The first-order chi connectivity index (χ1) is 19.0. The SMILES string of the molecule is CCCCCCCCCCCCCCCC(=O)N1CCN(CCOP(=O)(O)OCCCCCCCCC)CC1. The number of phosphoric acid groups is 1. The van der Waals surface area contributed by atoms with Gasteiger partial charge in [0.15, 0.2) is 0 Å². The highest BCUT2D eigenvalue weighted by molar-refractivity contribution is 7.47. The summed E-state index contributed by atoms with van der Waals surface area (Å²) < 4.78 is 22.4. The van der Waals surface area contributed by atoms with Crippen molar-refractivity contribution in [3.63, 3.8) is 0 Å². The molecule has 1 heterocycles. The molecular formula is C31H63N2O5P. The molecule has 1 fully saturated rings. The van der Waals surface area contributed by atoms with Gasteiger partial charge in [-0.25, -0.2) is 4.57 Å². The number of rotatable bonds is 27. The zero-order valence-electron chi connectivity index (χ0n) is 25.7. The standard InChI is InChI=1S/C31H63N2O5P/c1-3-5-7-9-11-12-13-14-15-16-17-19-21-23-31(34)33-26-24-32(25-27-33)28-30-38-39(35,36)37-29-22-20-18-10-8-6-4-2/h3-30H2,1-2H3,(H,35,36). The highest BCUT2D eigenvalue weighted by Crippen LogP contribution is 2.43. The van der Waals surface area contributed by atoms with Gasteiger partial charge in [-0.2, -0.15) is 0 Å². The van der Waals surface area contributed by atoms with Crippen LogP contribution < -0.4 is 0 Å². The van der Waals surface area contributed by atoms with Gasteiger partial charge in [-0.05, 0) is 12.8 Å². The van der Waals surface area contributed by atoms with Crippen LogP contribution in [-0.4, -0.2) is 66.5 Å². The Labute approximate surface area is 241 Å². The molecule has 0 aromatic carbocycles. The Bertz CT molecular complexity index is 614. The Kier molecular flexibility index (Phi) is 23.7. The van der Waals surface area contributed by atoms with E-state index in [1.54, 1.807) is 0 Å². The molecule has 0 aliphatic carbocycles. The first-order valence-electron chi connectivity index (χ1n) is 16.6. The normalized spacial score (nSPS) is 16.0. The third-order valence-corrected chi connectivity index (χ3v) is 8.90. The van der Waals surface area contributed by atoms with E-state index >= 15 is 0 Å². The Morgan fingerprint density at radius 2 is 1.03 bits per heavy atom. The molecule has 0 saturated carbocycles. The van der Waals surface area contributed by atoms with Crippen molar-refractivity contribution < 1.29 is 23.3 Å². The Morgan fingerprint density at radius 1 is 0.615 bits per heavy atom. The molecule has 7 nitrogen and oxygen atoms in total. The molecule has 39 heavy (non-hydrogen) atoms. The number of nitrogens with zero attached hydrogens (tertiary/aromatic N) is 2. The van der Waals surface area contributed by atoms with Crippen LogP contribution in [0.2, 0.25) is 0 Å². The van der Waals surface area contributed by atoms with Crippen LogP contribution >= 0.6 is 7.82 Å². The molecule has 0 aromatic heterocycles. The minimum atomic E-state index is -3.98. The molecule has 0 spiro atoms. The highest BCUT2D eigenvalue weighted by Gasteiger charge is 2.23. The summed E-state index contributed by atoms with van der Waals surface area (Å²) in [5.41, 5.74) is 0. The fraction of sp³-hybridized carbons (Fsp3) is 0.968. The number of unbranched alkanes of at least 4 members (excludes halogenated alkanes) is 18. The summed E-state index contributed by atoms with van der Waals surface area (Å²) in [6.45, 7) is 8.49. The van der Waals surface area contributed by atoms with E-state index in [9.17, 15) is 14.3 Å². The van der Waals surface area contributed by atoms with E-state index in [-0.39, 0.29) is 19.1 Å². The fourth-order valence-electron chi connectivity index (χ4n) is 5.23. The maximum absolute atomic E-state index is 12.6. The van der Waals surface area contributed by atoms with Gasteiger partial charge in [0.1, 0.15) is 0 Å². The van der Waals surface area contributed by atoms with Crippen LogP contribution in [0.25, 0.3) is 0 Å². The van der Waals surface area contributed by atoms with E-state index in [0.717, 1.165) is 58.3 Å². The molecule has 1 saturated heterocycles. The second kappa shape index (κ2) is 25.3. The zero-order chi connectivity index (χ0) is 28.4. The van der Waals surface area contributed by atoms with Crippen molar-refractivity contribution in [1.29, 1.82) is 0 Å². The van der Waals surface area contributed by atoms with Gasteiger partial charge in [0.2, 0.25) is 5.91 Å². The van der Waals surface area contributed by atoms with E-state index in [2.05, 4.69) is 18.7 Å². The Balaban J connectivity index is 1.95. The summed E-state index contributed by atoms with van der Waals surface area (Å²) in [5.74, 6) is 0.271. The highest BCUT2D eigenvalue weighted by atomic mass is 31.2. The minimum Gasteiger partial charge on any atom is -0.340 e. The summed E-state index contributed by atoms with van der Waals surface area (Å²) in [4.78, 5) is 26.6. The number of hydrogen-bond acceptors (Lipinski definition) is 5. The lowest BCUT2D eigenvalue weighted by molar-refractivity contribution is -0.133. The molecule has 0 radical (unpaired) electrons. The largest absolute Gasteiger partial charge is 0.472 e. The monoisotopic (exact) mass is 574 g/mol. The molecule has 0 aromatic rings. The summed E-state index contributed by atoms with van der Waals surface area (Å²) in [6.07, 6.45) is 25.7. The average Bonchev–Trinajstić information content (AvgIpc) is 2.93. The van der Waals surface area contributed by atoms with Gasteiger partial charge < -0.3 is 9.79 Å². The number of hydrogen-bond donors (Lipinski definition) is 1. The second-order valence-corrected chi connectivity index (χ2v) is 12.9. The summed E-state index contributed by atoms with van der Waals surface area (Å²) in [5, 5.41) is 0.